The van der Waals surface area contributed by atoms with Crippen molar-refractivity contribution in [2.24, 2.45) is 0 Å². The highest BCUT2D eigenvalue weighted by Gasteiger charge is 2.19. The molecule has 7 nitrogen and oxygen atoms in total. The summed E-state index contributed by atoms with van der Waals surface area (Å²) in [6.45, 7) is 2.66. The highest BCUT2D eigenvalue weighted by molar-refractivity contribution is 7.92. The first-order valence-corrected chi connectivity index (χ1v) is 11.5. The molecule has 1 aliphatic rings. The van der Waals surface area contributed by atoms with Gasteiger partial charge in [-0.3, -0.25) is 9.52 Å². The average Bonchev–Trinajstić information content (AvgIpc) is 2.81. The summed E-state index contributed by atoms with van der Waals surface area (Å²) < 4.78 is 46.3. The van der Waals surface area contributed by atoms with E-state index in [1.54, 1.807) is 12.1 Å². The highest BCUT2D eigenvalue weighted by atomic mass is 32.2. The first-order valence-electron chi connectivity index (χ1n) is 10.0. The van der Waals surface area contributed by atoms with Crippen LogP contribution in [0.4, 0.5) is 21.5 Å². The molecule has 1 fully saturated rings. The molecule has 2 N–H and O–H groups in total. The summed E-state index contributed by atoms with van der Waals surface area (Å²) in [7, 11) is -3.95. The minimum absolute atomic E-state index is 0.0732. The molecular weight excluding hydrogens is 433 g/mol. The SMILES string of the molecule is O=C(Nc1ccccc1N1CCOCC1)c1cccc(S(=O)(=O)Nc2ccc(F)cc2)c1. The summed E-state index contributed by atoms with van der Waals surface area (Å²) in [5.74, 6) is -0.895. The molecular formula is C23H22FN3O4S. The molecule has 0 bridgehead atoms. The van der Waals surface area contributed by atoms with Gasteiger partial charge in [0.1, 0.15) is 5.82 Å². The van der Waals surface area contributed by atoms with Crippen molar-refractivity contribution in [3.63, 3.8) is 0 Å². The van der Waals surface area contributed by atoms with Crippen LogP contribution in [0.15, 0.2) is 77.7 Å². The highest BCUT2D eigenvalue weighted by Crippen LogP contribution is 2.27. The molecule has 0 saturated carbocycles. The predicted octanol–water partition coefficient (Wildman–Crippen LogP) is 3.72. The second kappa shape index (κ2) is 9.37. The molecule has 3 aromatic rings. The van der Waals surface area contributed by atoms with Crippen LogP contribution in [0.25, 0.3) is 0 Å². The normalized spacial score (nSPS) is 14.1. The van der Waals surface area contributed by atoms with E-state index in [1.165, 1.54) is 30.3 Å². The second-order valence-electron chi connectivity index (χ2n) is 7.21. The maximum atomic E-state index is 13.1. The lowest BCUT2D eigenvalue weighted by Crippen LogP contribution is -2.36. The molecule has 1 aliphatic heterocycles. The quantitative estimate of drug-likeness (QED) is 0.592. The Balaban J connectivity index is 1.53. The van der Waals surface area contributed by atoms with Gasteiger partial charge >= 0.3 is 0 Å². The molecule has 0 aliphatic carbocycles. The van der Waals surface area contributed by atoms with Gasteiger partial charge in [-0.2, -0.15) is 0 Å². The molecule has 1 heterocycles. The van der Waals surface area contributed by atoms with Gasteiger partial charge < -0.3 is 15.0 Å². The Morgan fingerprint density at radius 2 is 1.66 bits per heavy atom. The Bertz CT molecular complexity index is 1210. The molecule has 1 amide bonds. The number of nitrogens with zero attached hydrogens (tertiary/aromatic N) is 1. The van der Waals surface area contributed by atoms with E-state index in [1.807, 2.05) is 18.2 Å². The first kappa shape index (κ1) is 21.8. The van der Waals surface area contributed by atoms with Gasteiger partial charge in [-0.1, -0.05) is 18.2 Å². The van der Waals surface area contributed by atoms with Crippen molar-refractivity contribution in [3.05, 3.63) is 84.2 Å². The third-order valence-corrected chi connectivity index (χ3v) is 6.39. The largest absolute Gasteiger partial charge is 0.378 e. The van der Waals surface area contributed by atoms with Crippen molar-refractivity contribution < 1.29 is 22.3 Å². The third-order valence-electron chi connectivity index (χ3n) is 5.01. The molecule has 0 spiro atoms. The molecule has 0 unspecified atom stereocenters. The summed E-state index contributed by atoms with van der Waals surface area (Å²) in [5, 5.41) is 2.88. The number of carbonyl (C=O) groups excluding carboxylic acids is 1. The molecule has 166 valence electrons. The molecule has 0 atom stereocenters. The standard InChI is InChI=1S/C23H22FN3O4S/c24-18-8-10-19(11-9-18)26-32(29,30)20-5-3-4-17(16-20)23(28)25-21-6-1-2-7-22(21)27-12-14-31-15-13-27/h1-11,16,26H,12-15H2,(H,25,28). The fourth-order valence-corrected chi connectivity index (χ4v) is 4.49. The van der Waals surface area contributed by atoms with Gasteiger partial charge in [-0.05, 0) is 54.6 Å². The zero-order chi connectivity index (χ0) is 22.6. The zero-order valence-corrected chi connectivity index (χ0v) is 17.9. The van der Waals surface area contributed by atoms with Gasteiger partial charge in [0.2, 0.25) is 0 Å². The minimum Gasteiger partial charge on any atom is -0.378 e. The Kier molecular flexibility index (Phi) is 6.38. The zero-order valence-electron chi connectivity index (χ0n) is 17.1. The van der Waals surface area contributed by atoms with Crippen LogP contribution in [0, 0.1) is 5.82 Å². The van der Waals surface area contributed by atoms with Crippen LogP contribution in [0.5, 0.6) is 0 Å². The number of sulfonamides is 1. The summed E-state index contributed by atoms with van der Waals surface area (Å²) in [6.07, 6.45) is 0. The lowest BCUT2D eigenvalue weighted by Gasteiger charge is -2.30. The number of benzene rings is 3. The minimum atomic E-state index is -3.95. The molecule has 1 saturated heterocycles. The number of rotatable bonds is 6. The van der Waals surface area contributed by atoms with Crippen molar-refractivity contribution in [2.45, 2.75) is 4.90 Å². The summed E-state index contributed by atoms with van der Waals surface area (Å²) in [6, 6.07) is 18.2. The monoisotopic (exact) mass is 455 g/mol. The number of carbonyl (C=O) groups is 1. The smallest absolute Gasteiger partial charge is 0.261 e. The van der Waals surface area contributed by atoms with E-state index in [0.29, 0.717) is 18.9 Å². The number of nitrogens with one attached hydrogen (secondary N) is 2. The van der Waals surface area contributed by atoms with Gasteiger partial charge in [0.05, 0.1) is 29.5 Å². The van der Waals surface area contributed by atoms with E-state index in [-0.39, 0.29) is 16.1 Å². The topological polar surface area (TPSA) is 87.7 Å². The fourth-order valence-electron chi connectivity index (χ4n) is 3.39. The van der Waals surface area contributed by atoms with Crippen LogP contribution in [0.3, 0.4) is 0 Å². The number of amides is 1. The van der Waals surface area contributed by atoms with E-state index >= 15 is 0 Å². The maximum absolute atomic E-state index is 13.1. The van der Waals surface area contributed by atoms with E-state index in [0.717, 1.165) is 30.9 Å². The summed E-state index contributed by atoms with van der Waals surface area (Å²) >= 11 is 0. The molecule has 32 heavy (non-hydrogen) atoms. The van der Waals surface area contributed by atoms with Gasteiger partial charge in [0.15, 0.2) is 0 Å². The van der Waals surface area contributed by atoms with Crippen LogP contribution in [0.2, 0.25) is 0 Å². The molecule has 4 rings (SSSR count). The maximum Gasteiger partial charge on any atom is 0.261 e. The van der Waals surface area contributed by atoms with Crippen LogP contribution >= 0.6 is 0 Å². The van der Waals surface area contributed by atoms with E-state index in [9.17, 15) is 17.6 Å². The second-order valence-corrected chi connectivity index (χ2v) is 8.89. The number of halogens is 1. The van der Waals surface area contributed by atoms with Gasteiger partial charge in [-0.25, -0.2) is 12.8 Å². The van der Waals surface area contributed by atoms with Gasteiger partial charge in [-0.15, -0.1) is 0 Å². The van der Waals surface area contributed by atoms with Crippen LogP contribution < -0.4 is 14.9 Å². The van der Waals surface area contributed by atoms with Crippen molar-refractivity contribution in [3.8, 4) is 0 Å². The van der Waals surface area contributed by atoms with Crippen LogP contribution in [-0.4, -0.2) is 40.6 Å². The van der Waals surface area contributed by atoms with Crippen molar-refractivity contribution >= 4 is 33.0 Å². The van der Waals surface area contributed by atoms with E-state index < -0.39 is 21.7 Å². The number of hydrogen-bond acceptors (Lipinski definition) is 5. The molecule has 0 aromatic heterocycles. The third kappa shape index (κ3) is 5.06. The Morgan fingerprint density at radius 3 is 2.41 bits per heavy atom. The Hall–Kier alpha value is -3.43. The van der Waals surface area contributed by atoms with Gasteiger partial charge in [0, 0.05) is 24.3 Å². The summed E-state index contributed by atoms with van der Waals surface area (Å²) in [5.41, 5.74) is 1.94. The number of hydrogen-bond donors (Lipinski definition) is 2. The number of ether oxygens (including phenoxy) is 1. The van der Waals surface area contributed by atoms with Crippen molar-refractivity contribution in [2.75, 3.05) is 41.2 Å². The lowest BCUT2D eigenvalue weighted by molar-refractivity contribution is 0.102. The summed E-state index contributed by atoms with van der Waals surface area (Å²) in [4.78, 5) is 15.0. The number of morpholine rings is 1. The predicted molar refractivity (Wildman–Crippen MR) is 121 cm³/mol. The van der Waals surface area contributed by atoms with Crippen LogP contribution in [-0.2, 0) is 14.8 Å². The van der Waals surface area contributed by atoms with Crippen molar-refractivity contribution in [1.82, 2.24) is 0 Å². The fraction of sp³-hybridized carbons (Fsp3) is 0.174. The van der Waals surface area contributed by atoms with Crippen molar-refractivity contribution in [1.29, 1.82) is 0 Å². The Morgan fingerprint density at radius 1 is 0.938 bits per heavy atom. The molecule has 0 radical (unpaired) electrons. The van der Waals surface area contributed by atoms with Crippen LogP contribution in [0.1, 0.15) is 10.4 Å². The molecule has 9 heteroatoms. The van der Waals surface area contributed by atoms with E-state index in [2.05, 4.69) is 14.9 Å². The average molecular weight is 456 g/mol. The number of anilines is 3. The Labute approximate surface area is 185 Å². The first-order chi connectivity index (χ1) is 15.4. The molecule has 3 aromatic carbocycles. The van der Waals surface area contributed by atoms with Gasteiger partial charge in [0.25, 0.3) is 15.9 Å². The van der Waals surface area contributed by atoms with E-state index in [4.69, 9.17) is 4.74 Å². The lowest BCUT2D eigenvalue weighted by atomic mass is 10.2. The number of para-hydroxylation sites is 2.